The molecular formula is C34H46F2O3. The molecule has 0 heterocycles. The van der Waals surface area contributed by atoms with Crippen molar-refractivity contribution in [3.63, 3.8) is 0 Å². The van der Waals surface area contributed by atoms with Gasteiger partial charge in [-0.15, -0.1) is 0 Å². The summed E-state index contributed by atoms with van der Waals surface area (Å²) in [6.45, 7) is 2.95. The van der Waals surface area contributed by atoms with Crippen LogP contribution in [0, 0.1) is 29.4 Å². The van der Waals surface area contributed by atoms with E-state index in [1.807, 2.05) is 24.3 Å². The third-order valence-electron chi connectivity index (χ3n) is 9.45. The molecule has 1 N–H and O–H groups in total. The van der Waals surface area contributed by atoms with Gasteiger partial charge in [0.2, 0.25) is 0 Å². The van der Waals surface area contributed by atoms with E-state index in [4.69, 9.17) is 4.74 Å². The molecule has 2 aromatic carbocycles. The van der Waals surface area contributed by atoms with Gasteiger partial charge < -0.3 is 9.84 Å². The minimum absolute atomic E-state index is 0.0161. The zero-order valence-electron chi connectivity index (χ0n) is 23.6. The molecule has 0 radical (unpaired) electrons. The van der Waals surface area contributed by atoms with Crippen molar-refractivity contribution < 1.29 is 23.4 Å². The summed E-state index contributed by atoms with van der Waals surface area (Å²) >= 11 is 0. The largest absolute Gasteiger partial charge is 0.468 e. The molecule has 5 heteroatoms. The summed E-state index contributed by atoms with van der Waals surface area (Å²) in [5, 5.41) is 9.54. The molecule has 1 atom stereocenters. The highest BCUT2D eigenvalue weighted by molar-refractivity contribution is 5.65. The predicted octanol–water partition coefficient (Wildman–Crippen LogP) is 8.93. The number of benzene rings is 2. The van der Waals surface area contributed by atoms with Crippen molar-refractivity contribution in [1.82, 2.24) is 0 Å². The number of carbonyl (C=O) groups is 1. The van der Waals surface area contributed by atoms with Crippen LogP contribution in [-0.4, -0.2) is 24.8 Å². The Bertz CT molecular complexity index is 1040. The zero-order valence-corrected chi connectivity index (χ0v) is 23.6. The van der Waals surface area contributed by atoms with Gasteiger partial charge in [0.25, 0.3) is 6.47 Å². The molecule has 4 rings (SSSR count). The summed E-state index contributed by atoms with van der Waals surface area (Å²) in [7, 11) is 0. The molecule has 0 aliphatic heterocycles. The van der Waals surface area contributed by atoms with Crippen LogP contribution >= 0.6 is 0 Å². The van der Waals surface area contributed by atoms with Gasteiger partial charge in [-0.2, -0.15) is 0 Å². The lowest BCUT2D eigenvalue weighted by Crippen LogP contribution is -2.21. The van der Waals surface area contributed by atoms with Gasteiger partial charge in [-0.1, -0.05) is 56.9 Å². The maximum Gasteiger partial charge on any atom is 0.293 e. The van der Waals surface area contributed by atoms with Gasteiger partial charge in [0.05, 0.1) is 6.61 Å². The first-order chi connectivity index (χ1) is 19.0. The molecule has 2 saturated carbocycles. The second kappa shape index (κ2) is 14.9. The van der Waals surface area contributed by atoms with E-state index in [0.29, 0.717) is 29.4 Å². The van der Waals surface area contributed by atoms with E-state index >= 15 is 8.78 Å². The SMILES string of the molecule is CCCCCC1CCC(c2ccc(-c3ccc(C4CCC(CC(CO)COC=O)CC4)cc3F)cc2F)CC1. The minimum atomic E-state index is -0.291. The second-order valence-corrected chi connectivity index (χ2v) is 12.1. The summed E-state index contributed by atoms with van der Waals surface area (Å²) in [6.07, 6.45) is 14.5. The van der Waals surface area contributed by atoms with Crippen molar-refractivity contribution >= 4 is 6.47 Å². The van der Waals surface area contributed by atoms with Crippen molar-refractivity contribution in [2.75, 3.05) is 13.2 Å². The Morgan fingerprint density at radius 3 is 2.26 bits per heavy atom. The number of unbranched alkanes of at least 4 members (excludes halogenated alkanes) is 2. The van der Waals surface area contributed by atoms with E-state index in [2.05, 4.69) is 6.92 Å². The van der Waals surface area contributed by atoms with Gasteiger partial charge in [-0.3, -0.25) is 4.79 Å². The normalized spacial score (nSPS) is 24.3. The van der Waals surface area contributed by atoms with Crippen LogP contribution in [0.3, 0.4) is 0 Å². The lowest BCUT2D eigenvalue weighted by atomic mass is 9.75. The lowest BCUT2D eigenvalue weighted by molar-refractivity contribution is -0.130. The molecule has 0 aromatic heterocycles. The first kappa shape index (κ1) is 29.7. The van der Waals surface area contributed by atoms with E-state index in [1.54, 1.807) is 6.07 Å². The summed E-state index contributed by atoms with van der Waals surface area (Å²) < 4.78 is 35.3. The van der Waals surface area contributed by atoms with Crippen molar-refractivity contribution in [3.05, 3.63) is 59.2 Å². The number of hydrogen-bond donors (Lipinski definition) is 1. The van der Waals surface area contributed by atoms with Crippen molar-refractivity contribution in [3.8, 4) is 11.1 Å². The van der Waals surface area contributed by atoms with Crippen LogP contribution in [0.1, 0.15) is 113 Å². The Morgan fingerprint density at radius 1 is 0.897 bits per heavy atom. The Kier molecular flexibility index (Phi) is 11.4. The fourth-order valence-corrected chi connectivity index (χ4v) is 7.06. The fraction of sp³-hybridized carbons (Fsp3) is 0.618. The molecular weight excluding hydrogens is 494 g/mol. The Morgan fingerprint density at radius 2 is 1.62 bits per heavy atom. The molecule has 0 saturated heterocycles. The average Bonchev–Trinajstić information content (AvgIpc) is 2.96. The van der Waals surface area contributed by atoms with Crippen LogP contribution < -0.4 is 0 Å². The van der Waals surface area contributed by atoms with Gasteiger partial charge in [0.15, 0.2) is 0 Å². The van der Waals surface area contributed by atoms with Crippen LogP contribution in [0.2, 0.25) is 0 Å². The molecule has 3 nitrogen and oxygen atoms in total. The lowest BCUT2D eigenvalue weighted by Gasteiger charge is -2.30. The summed E-state index contributed by atoms with van der Waals surface area (Å²) in [5.74, 6) is 1.33. The van der Waals surface area contributed by atoms with Crippen LogP contribution in [0.25, 0.3) is 11.1 Å². The molecule has 2 aromatic rings. The Labute approximate surface area is 233 Å². The number of halogens is 2. The molecule has 2 fully saturated rings. The molecule has 2 aliphatic carbocycles. The highest BCUT2D eigenvalue weighted by atomic mass is 19.1. The van der Waals surface area contributed by atoms with Gasteiger partial charge in [-0.25, -0.2) is 8.78 Å². The average molecular weight is 541 g/mol. The highest BCUT2D eigenvalue weighted by Gasteiger charge is 2.27. The summed E-state index contributed by atoms with van der Waals surface area (Å²) in [4.78, 5) is 10.4. The van der Waals surface area contributed by atoms with Crippen molar-refractivity contribution in [2.45, 2.75) is 102 Å². The molecule has 2 aliphatic rings. The quantitative estimate of drug-likeness (QED) is 0.204. The van der Waals surface area contributed by atoms with Gasteiger partial charge in [0, 0.05) is 18.1 Å². The van der Waals surface area contributed by atoms with E-state index < -0.39 is 0 Å². The van der Waals surface area contributed by atoms with Gasteiger partial charge >= 0.3 is 0 Å². The first-order valence-electron chi connectivity index (χ1n) is 15.3. The van der Waals surface area contributed by atoms with Crippen molar-refractivity contribution in [2.24, 2.45) is 17.8 Å². The number of rotatable bonds is 13. The maximum atomic E-state index is 15.3. The van der Waals surface area contributed by atoms with E-state index in [0.717, 1.165) is 62.0 Å². The topological polar surface area (TPSA) is 46.5 Å². The van der Waals surface area contributed by atoms with Crippen LogP contribution in [0.4, 0.5) is 8.78 Å². The predicted molar refractivity (Wildman–Crippen MR) is 153 cm³/mol. The smallest absolute Gasteiger partial charge is 0.293 e. The molecule has 1 unspecified atom stereocenters. The number of hydrogen-bond acceptors (Lipinski definition) is 3. The maximum absolute atomic E-state index is 15.3. The minimum Gasteiger partial charge on any atom is -0.468 e. The first-order valence-corrected chi connectivity index (χ1v) is 15.3. The number of aliphatic hydroxyl groups is 1. The Hall–Kier alpha value is -2.27. The van der Waals surface area contributed by atoms with Gasteiger partial charge in [0.1, 0.15) is 11.6 Å². The zero-order chi connectivity index (χ0) is 27.6. The third kappa shape index (κ3) is 8.13. The number of carbonyl (C=O) groups excluding carboxylic acids is 1. The van der Waals surface area contributed by atoms with Crippen LogP contribution in [0.15, 0.2) is 36.4 Å². The molecule has 0 amide bonds. The molecule has 214 valence electrons. The van der Waals surface area contributed by atoms with Gasteiger partial charge in [-0.05, 0) is 110 Å². The van der Waals surface area contributed by atoms with E-state index in [1.165, 1.54) is 44.6 Å². The highest BCUT2D eigenvalue weighted by Crippen LogP contribution is 2.41. The van der Waals surface area contributed by atoms with E-state index in [9.17, 15) is 9.90 Å². The van der Waals surface area contributed by atoms with E-state index in [-0.39, 0.29) is 36.7 Å². The molecule has 39 heavy (non-hydrogen) atoms. The number of ether oxygens (including phenoxy) is 1. The van der Waals surface area contributed by atoms with Crippen LogP contribution in [-0.2, 0) is 9.53 Å². The third-order valence-corrected chi connectivity index (χ3v) is 9.45. The summed E-state index contributed by atoms with van der Waals surface area (Å²) in [5.41, 5.74) is 2.86. The standard InChI is InChI=1S/C34H46F2O3/c1-2-3-4-5-24-6-12-28(13-7-24)31-17-15-30(20-34(31)36)32-16-14-29(19-33(32)35)27-10-8-25(9-11-27)18-26(21-37)22-39-23-38/h14-17,19-20,23-28,37H,2-13,18,21-22H2,1H3. The fourth-order valence-electron chi connectivity index (χ4n) is 7.06. The molecule has 0 spiro atoms. The summed E-state index contributed by atoms with van der Waals surface area (Å²) in [6, 6.07) is 10.8. The number of aliphatic hydroxyl groups excluding tert-OH is 1. The second-order valence-electron chi connectivity index (χ2n) is 12.1. The monoisotopic (exact) mass is 540 g/mol. The Balaban J connectivity index is 1.33. The van der Waals surface area contributed by atoms with Crippen LogP contribution in [0.5, 0.6) is 0 Å². The van der Waals surface area contributed by atoms with Crippen molar-refractivity contribution in [1.29, 1.82) is 0 Å². The molecule has 0 bridgehead atoms.